The quantitative estimate of drug-likeness (QED) is 0.524. The molecule has 0 aromatic carbocycles. The first kappa shape index (κ1) is 8.45. The van der Waals surface area contributed by atoms with Crippen LogP contribution in [0.4, 0.5) is 0 Å². The van der Waals surface area contributed by atoms with Crippen LogP contribution in [0.2, 0.25) is 0 Å². The molecule has 0 spiro atoms. The molecule has 0 aliphatic heterocycles. The minimum Gasteiger partial charge on any atom is -0.282 e. The normalized spacial score (nSPS) is 10.8. The molecule has 0 aliphatic carbocycles. The molecule has 2 aromatic rings. The first-order valence-corrected chi connectivity index (χ1v) is 4.97. The third-order valence-corrected chi connectivity index (χ3v) is 2.22. The maximum atomic E-state index is 10.9. The Morgan fingerprint density at radius 2 is 2.31 bits per heavy atom. The molecule has 0 radical (unpaired) electrons. The molecule has 2 rings (SSSR count). The molecular weight excluding hydrogens is 210 g/mol. The van der Waals surface area contributed by atoms with Crippen LogP contribution in [0.1, 0.15) is 0 Å². The molecule has 8 heteroatoms. The third-order valence-electron chi connectivity index (χ3n) is 1.41. The number of hydrogen-bond donors (Lipinski definition) is 2. The van der Waals surface area contributed by atoms with E-state index in [1.807, 2.05) is 6.26 Å². The first-order chi connectivity index (χ1) is 6.20. The summed E-state index contributed by atoms with van der Waals surface area (Å²) < 4.78 is 1.62. The van der Waals surface area contributed by atoms with Gasteiger partial charge in [0.15, 0.2) is 0 Å². The van der Waals surface area contributed by atoms with Crippen LogP contribution in [0.15, 0.2) is 9.95 Å². The lowest BCUT2D eigenvalue weighted by molar-refractivity contribution is 0.821. The van der Waals surface area contributed by atoms with Gasteiger partial charge in [-0.25, -0.2) is 4.79 Å². The summed E-state index contributed by atoms with van der Waals surface area (Å²) in [4.78, 5) is 19.9. The summed E-state index contributed by atoms with van der Waals surface area (Å²) in [6.07, 6.45) is 1.85. The molecule has 0 bridgehead atoms. The minimum absolute atomic E-state index is 0.242. The molecule has 2 heterocycles. The van der Waals surface area contributed by atoms with E-state index >= 15 is 0 Å². The molecule has 13 heavy (non-hydrogen) atoms. The molecule has 0 fully saturated rings. The molecule has 0 amide bonds. The van der Waals surface area contributed by atoms with Crippen LogP contribution in [0, 0.1) is 4.77 Å². The molecule has 0 atom stereocenters. The second kappa shape index (κ2) is 2.96. The summed E-state index contributed by atoms with van der Waals surface area (Å²) in [6, 6.07) is 0. The van der Waals surface area contributed by atoms with Crippen LogP contribution in [0.25, 0.3) is 5.78 Å². The summed E-state index contributed by atoms with van der Waals surface area (Å²) in [5.41, 5.74) is -0.377. The Kier molecular flexibility index (Phi) is 1.93. The zero-order chi connectivity index (χ0) is 9.42. The van der Waals surface area contributed by atoms with Crippen molar-refractivity contribution in [2.75, 3.05) is 6.26 Å². The second-order valence-electron chi connectivity index (χ2n) is 2.22. The minimum atomic E-state index is -0.377. The number of fused-ring (bicyclic) bond motifs is 1. The zero-order valence-corrected chi connectivity index (χ0v) is 8.20. The Morgan fingerprint density at radius 1 is 1.54 bits per heavy atom. The van der Waals surface area contributed by atoms with Crippen molar-refractivity contribution in [3.63, 3.8) is 0 Å². The molecule has 0 saturated heterocycles. The largest absolute Gasteiger partial charge is 0.327 e. The number of H-pyrrole nitrogens is 2. The molecule has 0 saturated carbocycles. The van der Waals surface area contributed by atoms with Gasteiger partial charge in [-0.3, -0.25) is 9.97 Å². The molecule has 2 N–H and O–H groups in total. The summed E-state index contributed by atoms with van der Waals surface area (Å²) in [5, 5.41) is 4.61. The van der Waals surface area contributed by atoms with Crippen LogP contribution in [0.5, 0.6) is 0 Å². The predicted octanol–water partition coefficient (Wildman–Crippen LogP) is 0.197. The van der Waals surface area contributed by atoms with Crippen molar-refractivity contribution in [3.8, 4) is 0 Å². The Morgan fingerprint density at radius 3 is 3.00 bits per heavy atom. The van der Waals surface area contributed by atoms with Crippen molar-refractivity contribution >= 4 is 29.8 Å². The summed E-state index contributed by atoms with van der Waals surface area (Å²) in [5.74, 6) is 0.359. The number of nitrogens with zero attached hydrogens (tertiary/aromatic N) is 3. The highest BCUT2D eigenvalue weighted by Gasteiger charge is 2.03. The standard InChI is InChI=1S/C5H5N5OS2/c1-13-4-7-2-6-3(11)8-5(12)10(2)9-4/h1H3,(H2,6,7,8,9,11,12). The molecule has 68 valence electrons. The molecule has 6 nitrogen and oxygen atoms in total. The highest BCUT2D eigenvalue weighted by atomic mass is 32.2. The van der Waals surface area contributed by atoms with Crippen LogP contribution < -0.4 is 5.69 Å². The Labute approximate surface area is 81.4 Å². The van der Waals surface area contributed by atoms with Gasteiger partial charge >= 0.3 is 5.69 Å². The predicted molar refractivity (Wildman–Crippen MR) is 50.6 cm³/mol. The van der Waals surface area contributed by atoms with Crippen molar-refractivity contribution in [2.45, 2.75) is 5.16 Å². The lowest BCUT2D eigenvalue weighted by atomic mass is 11.0. The van der Waals surface area contributed by atoms with Gasteiger partial charge in [0, 0.05) is 0 Å². The fourth-order valence-electron chi connectivity index (χ4n) is 0.885. The van der Waals surface area contributed by atoms with E-state index in [-0.39, 0.29) is 10.5 Å². The average Bonchev–Trinajstić information content (AvgIpc) is 2.47. The maximum absolute atomic E-state index is 10.9. The van der Waals surface area contributed by atoms with Crippen molar-refractivity contribution in [1.82, 2.24) is 24.6 Å². The second-order valence-corrected chi connectivity index (χ2v) is 3.38. The average molecular weight is 215 g/mol. The summed E-state index contributed by atoms with van der Waals surface area (Å²) in [6.45, 7) is 0. The van der Waals surface area contributed by atoms with Crippen molar-refractivity contribution < 1.29 is 0 Å². The summed E-state index contributed by atoms with van der Waals surface area (Å²) in [7, 11) is 0. The van der Waals surface area contributed by atoms with Crippen LogP contribution in [-0.4, -0.2) is 30.8 Å². The molecule has 2 aromatic heterocycles. The van der Waals surface area contributed by atoms with Crippen LogP contribution >= 0.6 is 24.0 Å². The van der Waals surface area contributed by atoms with Crippen molar-refractivity contribution in [1.29, 1.82) is 0 Å². The number of aromatic amines is 2. The summed E-state index contributed by atoms with van der Waals surface area (Å²) >= 11 is 6.26. The number of aromatic nitrogens is 5. The van der Waals surface area contributed by atoms with Crippen LogP contribution in [0.3, 0.4) is 0 Å². The number of hydrogen-bond acceptors (Lipinski definition) is 5. The third kappa shape index (κ3) is 1.38. The van der Waals surface area contributed by atoms with E-state index in [2.05, 4.69) is 20.1 Å². The van der Waals surface area contributed by atoms with E-state index in [4.69, 9.17) is 12.2 Å². The molecule has 0 unspecified atom stereocenters. The van der Waals surface area contributed by atoms with Gasteiger partial charge in [0.05, 0.1) is 0 Å². The Balaban J connectivity index is 2.91. The smallest absolute Gasteiger partial charge is 0.282 e. The van der Waals surface area contributed by atoms with Crippen molar-refractivity contribution in [3.05, 3.63) is 15.3 Å². The van der Waals surface area contributed by atoms with Crippen molar-refractivity contribution in [2.24, 2.45) is 0 Å². The van der Waals surface area contributed by atoms with E-state index in [9.17, 15) is 4.79 Å². The van der Waals surface area contributed by atoms with Gasteiger partial charge in [-0.05, 0) is 18.5 Å². The van der Waals surface area contributed by atoms with Gasteiger partial charge < -0.3 is 0 Å². The van der Waals surface area contributed by atoms with E-state index in [0.717, 1.165) is 0 Å². The van der Waals surface area contributed by atoms with Gasteiger partial charge in [0.25, 0.3) is 0 Å². The van der Waals surface area contributed by atoms with Gasteiger partial charge in [0.1, 0.15) is 0 Å². The number of rotatable bonds is 1. The van der Waals surface area contributed by atoms with E-state index in [1.165, 1.54) is 16.3 Å². The zero-order valence-electron chi connectivity index (χ0n) is 6.57. The highest BCUT2D eigenvalue weighted by molar-refractivity contribution is 7.98. The molecular formula is C5H5N5OS2. The lowest BCUT2D eigenvalue weighted by Gasteiger charge is -1.87. The van der Waals surface area contributed by atoms with Gasteiger partial charge in [-0.2, -0.15) is 9.50 Å². The van der Waals surface area contributed by atoms with Gasteiger partial charge in [0.2, 0.25) is 15.7 Å². The highest BCUT2D eigenvalue weighted by Crippen LogP contribution is 2.07. The van der Waals surface area contributed by atoms with E-state index in [0.29, 0.717) is 10.9 Å². The van der Waals surface area contributed by atoms with Crippen LogP contribution in [-0.2, 0) is 0 Å². The fourth-order valence-corrected chi connectivity index (χ4v) is 1.45. The first-order valence-electron chi connectivity index (χ1n) is 3.34. The number of nitrogens with one attached hydrogen (secondary N) is 2. The Hall–Kier alpha value is -1.15. The van der Waals surface area contributed by atoms with E-state index < -0.39 is 0 Å². The fraction of sp³-hybridized carbons (Fsp3) is 0.200. The number of thioether (sulfide) groups is 1. The SMILES string of the molecule is CSc1nc2[nH]c(=O)[nH]c(=S)n2n1. The maximum Gasteiger partial charge on any atom is 0.327 e. The Bertz CT molecular complexity index is 552. The topological polar surface area (TPSA) is 78.8 Å². The monoisotopic (exact) mass is 215 g/mol. The molecule has 0 aliphatic rings. The van der Waals surface area contributed by atoms with Gasteiger partial charge in [-0.15, -0.1) is 5.10 Å². The lowest BCUT2D eigenvalue weighted by Crippen LogP contribution is -2.13. The van der Waals surface area contributed by atoms with Gasteiger partial charge in [-0.1, -0.05) is 11.8 Å². The van der Waals surface area contributed by atoms with E-state index in [1.54, 1.807) is 0 Å².